The molecule has 7 heteroatoms. The first kappa shape index (κ1) is 17.2. The van der Waals surface area contributed by atoms with Crippen molar-refractivity contribution in [1.82, 2.24) is 8.87 Å². The van der Waals surface area contributed by atoms with Gasteiger partial charge in [0.15, 0.2) is 0 Å². The molecule has 6 nitrogen and oxygen atoms in total. The average Bonchev–Trinajstić information content (AvgIpc) is 2.83. The van der Waals surface area contributed by atoms with Crippen molar-refractivity contribution in [3.63, 3.8) is 0 Å². The van der Waals surface area contributed by atoms with Gasteiger partial charge in [0.1, 0.15) is 4.90 Å². The fourth-order valence-electron chi connectivity index (χ4n) is 1.98. The maximum absolute atomic E-state index is 12.4. The quantitative estimate of drug-likeness (QED) is 0.733. The normalized spacial score (nSPS) is 12.6. The van der Waals surface area contributed by atoms with E-state index < -0.39 is 10.0 Å². The van der Waals surface area contributed by atoms with E-state index in [-0.39, 0.29) is 17.5 Å². The minimum absolute atomic E-state index is 0.0971. The molecular formula is C13H24N2O4S. The minimum atomic E-state index is -3.52. The zero-order chi connectivity index (χ0) is 15.3. The van der Waals surface area contributed by atoms with Crippen molar-refractivity contribution >= 4 is 10.0 Å². The molecule has 0 amide bonds. The predicted octanol–water partition coefficient (Wildman–Crippen LogP) is 1.22. The molecule has 0 saturated carbocycles. The molecule has 0 radical (unpaired) electrons. The molecule has 0 atom stereocenters. The van der Waals surface area contributed by atoms with Gasteiger partial charge >= 0.3 is 0 Å². The molecule has 0 bridgehead atoms. The Morgan fingerprint density at radius 1 is 1.45 bits per heavy atom. The summed E-state index contributed by atoms with van der Waals surface area (Å²) >= 11 is 0. The van der Waals surface area contributed by atoms with Crippen LogP contribution in [0.2, 0.25) is 0 Å². The Labute approximate surface area is 121 Å². The first-order chi connectivity index (χ1) is 9.34. The van der Waals surface area contributed by atoms with Crippen LogP contribution in [0.5, 0.6) is 0 Å². The number of aromatic nitrogens is 1. The first-order valence-electron chi connectivity index (χ1n) is 6.61. The number of methoxy groups -OCH3 is 1. The lowest BCUT2D eigenvalue weighted by molar-refractivity contribution is 0.189. The van der Waals surface area contributed by atoms with Gasteiger partial charge < -0.3 is 14.4 Å². The van der Waals surface area contributed by atoms with Gasteiger partial charge in [-0.3, -0.25) is 0 Å². The van der Waals surface area contributed by atoms with Crippen LogP contribution in [-0.4, -0.2) is 49.7 Å². The van der Waals surface area contributed by atoms with E-state index in [1.165, 1.54) is 10.4 Å². The Bertz CT molecular complexity index is 522. The topological polar surface area (TPSA) is 71.8 Å². The summed E-state index contributed by atoms with van der Waals surface area (Å²) in [5.74, 6) is 0. The molecule has 1 rings (SSSR count). The maximum Gasteiger partial charge on any atom is 0.244 e. The largest absolute Gasteiger partial charge is 0.390 e. The standard InChI is InChI=1S/C13H24N2O4S/c1-11(2)15-9-13(8-12(15)10-16)20(17,18)14(3)6-5-7-19-4/h8-9,11,16H,5-7,10H2,1-4H3. The molecule has 20 heavy (non-hydrogen) atoms. The molecule has 116 valence electrons. The molecule has 1 heterocycles. The van der Waals surface area contributed by atoms with Crippen LogP contribution in [0, 0.1) is 0 Å². The molecule has 0 aliphatic rings. The molecule has 0 aliphatic heterocycles. The summed E-state index contributed by atoms with van der Waals surface area (Å²) in [6, 6.07) is 1.63. The molecule has 0 spiro atoms. The van der Waals surface area contributed by atoms with E-state index in [1.54, 1.807) is 24.9 Å². The van der Waals surface area contributed by atoms with E-state index in [2.05, 4.69) is 0 Å². The van der Waals surface area contributed by atoms with Crippen molar-refractivity contribution in [2.75, 3.05) is 27.3 Å². The average molecular weight is 304 g/mol. The van der Waals surface area contributed by atoms with Gasteiger partial charge in [-0.05, 0) is 26.3 Å². The zero-order valence-corrected chi connectivity index (χ0v) is 13.4. The molecule has 1 aromatic rings. The monoisotopic (exact) mass is 304 g/mol. The van der Waals surface area contributed by atoms with Crippen LogP contribution in [0.4, 0.5) is 0 Å². The third-order valence-electron chi connectivity index (χ3n) is 3.15. The minimum Gasteiger partial charge on any atom is -0.390 e. The molecule has 1 aromatic heterocycles. The molecular weight excluding hydrogens is 280 g/mol. The second-order valence-corrected chi connectivity index (χ2v) is 7.04. The second-order valence-electron chi connectivity index (χ2n) is 5.00. The van der Waals surface area contributed by atoms with Crippen LogP contribution in [0.15, 0.2) is 17.2 Å². The SMILES string of the molecule is COCCCN(C)S(=O)(=O)c1cc(CO)n(C(C)C)c1. The van der Waals surface area contributed by atoms with Gasteiger partial charge in [0.25, 0.3) is 0 Å². The van der Waals surface area contributed by atoms with Gasteiger partial charge in [-0.2, -0.15) is 0 Å². The van der Waals surface area contributed by atoms with Crippen molar-refractivity contribution in [2.45, 2.75) is 37.8 Å². The third-order valence-corrected chi connectivity index (χ3v) is 4.98. The second kappa shape index (κ2) is 7.21. The van der Waals surface area contributed by atoms with Gasteiger partial charge in [0, 0.05) is 45.2 Å². The number of nitrogens with zero attached hydrogens (tertiary/aromatic N) is 2. The number of aliphatic hydroxyl groups excluding tert-OH is 1. The highest BCUT2D eigenvalue weighted by Crippen LogP contribution is 2.21. The summed E-state index contributed by atoms with van der Waals surface area (Å²) in [4.78, 5) is 0.218. The zero-order valence-electron chi connectivity index (χ0n) is 12.5. The summed E-state index contributed by atoms with van der Waals surface area (Å²) in [6.45, 7) is 4.63. The summed E-state index contributed by atoms with van der Waals surface area (Å²) in [7, 11) is -0.379. The van der Waals surface area contributed by atoms with Gasteiger partial charge in [0.2, 0.25) is 10.0 Å². The lowest BCUT2D eigenvalue weighted by atomic mass is 10.3. The Kier molecular flexibility index (Phi) is 6.19. The van der Waals surface area contributed by atoms with Crippen LogP contribution in [0.3, 0.4) is 0 Å². The van der Waals surface area contributed by atoms with E-state index in [1.807, 2.05) is 13.8 Å². The Hall–Kier alpha value is -0.890. The van der Waals surface area contributed by atoms with Crippen LogP contribution in [-0.2, 0) is 21.4 Å². The van der Waals surface area contributed by atoms with E-state index in [4.69, 9.17) is 4.74 Å². The Morgan fingerprint density at radius 3 is 2.55 bits per heavy atom. The summed E-state index contributed by atoms with van der Waals surface area (Å²) < 4.78 is 32.9. The lowest BCUT2D eigenvalue weighted by Gasteiger charge is -2.16. The number of ether oxygens (including phenoxy) is 1. The number of sulfonamides is 1. The van der Waals surface area contributed by atoms with Crippen LogP contribution in [0.25, 0.3) is 0 Å². The van der Waals surface area contributed by atoms with Crippen LogP contribution >= 0.6 is 0 Å². The van der Waals surface area contributed by atoms with Crippen molar-refractivity contribution in [3.8, 4) is 0 Å². The Balaban J connectivity index is 2.97. The fourth-order valence-corrected chi connectivity index (χ4v) is 3.24. The van der Waals surface area contributed by atoms with Gasteiger partial charge in [-0.15, -0.1) is 0 Å². The highest BCUT2D eigenvalue weighted by molar-refractivity contribution is 7.89. The summed E-state index contributed by atoms with van der Waals surface area (Å²) in [6.07, 6.45) is 2.22. The highest BCUT2D eigenvalue weighted by Gasteiger charge is 2.23. The maximum atomic E-state index is 12.4. The molecule has 0 unspecified atom stereocenters. The van der Waals surface area contributed by atoms with Crippen molar-refractivity contribution in [2.24, 2.45) is 0 Å². The van der Waals surface area contributed by atoms with E-state index in [0.717, 1.165) is 0 Å². The Morgan fingerprint density at radius 2 is 2.10 bits per heavy atom. The number of hydrogen-bond donors (Lipinski definition) is 1. The predicted molar refractivity (Wildman–Crippen MR) is 77.0 cm³/mol. The van der Waals surface area contributed by atoms with E-state index in [0.29, 0.717) is 25.3 Å². The first-order valence-corrected chi connectivity index (χ1v) is 8.05. The van der Waals surface area contributed by atoms with Crippen molar-refractivity contribution < 1.29 is 18.3 Å². The molecule has 0 saturated heterocycles. The van der Waals surface area contributed by atoms with E-state index >= 15 is 0 Å². The van der Waals surface area contributed by atoms with Gasteiger partial charge in [-0.25, -0.2) is 12.7 Å². The molecule has 0 aromatic carbocycles. The number of aliphatic hydroxyl groups is 1. The van der Waals surface area contributed by atoms with E-state index in [9.17, 15) is 13.5 Å². The molecule has 0 aliphatic carbocycles. The van der Waals surface area contributed by atoms with Gasteiger partial charge in [-0.1, -0.05) is 0 Å². The van der Waals surface area contributed by atoms with Crippen molar-refractivity contribution in [3.05, 3.63) is 18.0 Å². The lowest BCUT2D eigenvalue weighted by Crippen LogP contribution is -2.28. The summed E-state index contributed by atoms with van der Waals surface area (Å²) in [5, 5.41) is 9.31. The number of rotatable bonds is 8. The molecule has 0 fully saturated rings. The van der Waals surface area contributed by atoms with Crippen LogP contribution in [0.1, 0.15) is 32.0 Å². The molecule has 1 N–H and O–H groups in total. The number of hydrogen-bond acceptors (Lipinski definition) is 4. The summed E-state index contributed by atoms with van der Waals surface area (Å²) in [5.41, 5.74) is 0.601. The van der Waals surface area contributed by atoms with Crippen molar-refractivity contribution in [1.29, 1.82) is 0 Å². The fraction of sp³-hybridized carbons (Fsp3) is 0.692. The van der Waals surface area contributed by atoms with Crippen LogP contribution < -0.4 is 0 Å². The smallest absolute Gasteiger partial charge is 0.244 e. The highest BCUT2D eigenvalue weighted by atomic mass is 32.2. The third kappa shape index (κ3) is 3.82. The van der Waals surface area contributed by atoms with Gasteiger partial charge in [0.05, 0.1) is 6.61 Å².